The molecule has 2 fully saturated rings. The molecule has 0 aliphatic carbocycles. The number of aliphatic hydroxyl groups excluding tert-OH is 3. The van der Waals surface area contributed by atoms with Crippen molar-refractivity contribution in [2.24, 2.45) is 5.92 Å². The molecule has 5 N–H and O–H groups in total. The summed E-state index contributed by atoms with van der Waals surface area (Å²) < 4.78 is 5.79. The lowest BCUT2D eigenvalue weighted by molar-refractivity contribution is -0.205. The van der Waals surface area contributed by atoms with E-state index in [0.717, 1.165) is 38.6 Å². The number of carbonyl (C=O) groups is 2. The van der Waals surface area contributed by atoms with Crippen molar-refractivity contribution in [1.29, 1.82) is 0 Å². The Balaban J connectivity index is 0.000000492. The Hall–Kier alpha value is -0.620. The Kier molecular flexibility index (Phi) is 23.1. The van der Waals surface area contributed by atoms with E-state index < -0.39 is 47.2 Å². The first-order valence-corrected chi connectivity index (χ1v) is 19.3. The lowest BCUT2D eigenvalue weighted by Gasteiger charge is -2.44. The van der Waals surface area contributed by atoms with E-state index in [1.807, 2.05) is 11.9 Å². The van der Waals surface area contributed by atoms with Gasteiger partial charge < -0.3 is 30.5 Å². The number of halogens is 1. The number of aliphatic carboxylic acids is 1. The van der Waals surface area contributed by atoms with Crippen LogP contribution in [0, 0.1) is 5.92 Å². The second kappa shape index (κ2) is 24.5. The number of amides is 1. The van der Waals surface area contributed by atoms with Gasteiger partial charge in [-0.1, -0.05) is 97.3 Å². The van der Waals surface area contributed by atoms with Crippen LogP contribution in [0.25, 0.3) is 0 Å². The van der Waals surface area contributed by atoms with Gasteiger partial charge in [-0.2, -0.15) is 0 Å². The van der Waals surface area contributed by atoms with Gasteiger partial charge in [0.15, 0.2) is 0 Å². The molecule has 0 radical (unpaired) electrons. The van der Waals surface area contributed by atoms with Crippen LogP contribution < -0.4 is 5.32 Å². The van der Waals surface area contributed by atoms with Gasteiger partial charge in [0.1, 0.15) is 29.9 Å². The van der Waals surface area contributed by atoms with Crippen molar-refractivity contribution in [2.45, 2.75) is 177 Å². The second-order valence-electron chi connectivity index (χ2n) is 13.1. The zero-order chi connectivity index (χ0) is 33.8. The fourth-order valence-corrected chi connectivity index (χ4v) is 7.29. The van der Waals surface area contributed by atoms with Crippen LogP contribution in [0.5, 0.6) is 0 Å². The van der Waals surface area contributed by atoms with Gasteiger partial charge in [0, 0.05) is 13.0 Å². The molecule has 2 saturated heterocycles. The van der Waals surface area contributed by atoms with Crippen molar-refractivity contribution in [2.75, 3.05) is 19.8 Å². The number of carbonyl (C=O) groups excluding carboxylic acids is 1. The van der Waals surface area contributed by atoms with E-state index in [0.29, 0.717) is 12.3 Å². The summed E-state index contributed by atoms with van der Waals surface area (Å²) in [5, 5.41) is 41.5. The predicted molar refractivity (Wildman–Crippen MR) is 185 cm³/mol. The normalized spacial score (nSPS) is 28.2. The molecule has 0 saturated carbocycles. The van der Waals surface area contributed by atoms with Crippen molar-refractivity contribution >= 4 is 35.2 Å². The highest BCUT2D eigenvalue weighted by Gasteiger charge is 2.48. The Bertz CT molecular complexity index is 794. The zero-order valence-corrected chi connectivity index (χ0v) is 30.2. The summed E-state index contributed by atoms with van der Waals surface area (Å²) in [7, 11) is 1.94. The van der Waals surface area contributed by atoms with Crippen molar-refractivity contribution in [3.63, 3.8) is 0 Å². The summed E-state index contributed by atoms with van der Waals surface area (Å²) >= 11 is 7.55. The van der Waals surface area contributed by atoms with Gasteiger partial charge in [0.05, 0.1) is 17.5 Å². The molecule has 9 atom stereocenters. The average Bonchev–Trinajstić information content (AvgIpc) is 3.37. The lowest BCUT2D eigenvalue weighted by Crippen LogP contribution is -2.65. The minimum atomic E-state index is -1.36. The Morgan fingerprint density at radius 1 is 0.889 bits per heavy atom. The number of likely N-dealkylation sites (N-methyl/N-ethyl adjacent to an activating group) is 1. The van der Waals surface area contributed by atoms with E-state index in [9.17, 15) is 24.9 Å². The average molecular weight is 681 g/mol. The lowest BCUT2D eigenvalue weighted by atomic mass is 9.92. The van der Waals surface area contributed by atoms with E-state index in [2.05, 4.69) is 19.2 Å². The number of unbranched alkanes of at least 4 members (excludes halogenated alkanes) is 12. The van der Waals surface area contributed by atoms with Crippen LogP contribution in [0.4, 0.5) is 0 Å². The second-order valence-corrected chi connectivity index (χ2v) is 14.7. The Morgan fingerprint density at radius 2 is 1.42 bits per heavy atom. The standard InChI is InChI=1S/C18H33ClN2O5S.C16H32O2/c1-5-6-10-7-11(21(3)8-10)17(25)20-12(9(2)19)16-14(23)13(22)15(24)18(26-16)27-4;1-2-3-4-5-6-7-8-9-10-11-12-13-14-15-16(17)18/h9-16,18,22-24H,5-8H2,1-4H3,(H,20,25);2-15H2,1H3,(H,17,18)/t9?,10-,11+,12?,13+,14-,15-,16-,18-;/m1./s1. The number of nitrogens with zero attached hydrogens (tertiary/aromatic N) is 1. The van der Waals surface area contributed by atoms with E-state index in [-0.39, 0.29) is 11.9 Å². The van der Waals surface area contributed by atoms with Crippen LogP contribution in [0.15, 0.2) is 0 Å². The third-order valence-corrected chi connectivity index (χ3v) is 10.3. The molecule has 11 heteroatoms. The SMILES string of the molecule is CCCCCCCCCCCCCCCC(=O)O.CCC[C@@H]1C[C@@H](C(=O)NC(C(C)Cl)[C@H]2O[C@H](SC)[C@H](O)[C@@H](O)[C@H]2O)N(C)C1. The van der Waals surface area contributed by atoms with Crippen molar-refractivity contribution < 1.29 is 34.8 Å². The minimum Gasteiger partial charge on any atom is -0.481 e. The molecule has 0 spiro atoms. The summed E-state index contributed by atoms with van der Waals surface area (Å²) in [6, 6.07) is -0.934. The Morgan fingerprint density at radius 3 is 1.89 bits per heavy atom. The van der Waals surface area contributed by atoms with Gasteiger partial charge in [0.2, 0.25) is 5.91 Å². The predicted octanol–water partition coefficient (Wildman–Crippen LogP) is 5.94. The zero-order valence-electron chi connectivity index (χ0n) is 28.7. The van der Waals surface area contributed by atoms with Crippen molar-refractivity contribution in [1.82, 2.24) is 10.2 Å². The largest absolute Gasteiger partial charge is 0.481 e. The molecule has 0 aromatic carbocycles. The highest BCUT2D eigenvalue weighted by Crippen LogP contribution is 2.31. The highest BCUT2D eigenvalue weighted by atomic mass is 35.5. The summed E-state index contributed by atoms with van der Waals surface area (Å²) in [5.74, 6) is -0.305. The first-order chi connectivity index (χ1) is 21.5. The maximum Gasteiger partial charge on any atom is 0.303 e. The number of hydrogen-bond donors (Lipinski definition) is 5. The van der Waals surface area contributed by atoms with Crippen LogP contribution in [0.3, 0.4) is 0 Å². The van der Waals surface area contributed by atoms with E-state index in [4.69, 9.17) is 21.4 Å². The van der Waals surface area contributed by atoms with Crippen LogP contribution in [-0.2, 0) is 14.3 Å². The maximum absolute atomic E-state index is 12.9. The first-order valence-electron chi connectivity index (χ1n) is 17.6. The molecule has 45 heavy (non-hydrogen) atoms. The molecule has 2 aliphatic rings. The summed E-state index contributed by atoms with van der Waals surface area (Å²) in [6.07, 6.45) is 17.2. The number of alkyl halides is 1. The molecule has 2 rings (SSSR count). The maximum atomic E-state index is 12.9. The number of rotatable bonds is 21. The van der Waals surface area contributed by atoms with Crippen LogP contribution >= 0.6 is 23.4 Å². The monoisotopic (exact) mass is 680 g/mol. The molecule has 0 aromatic rings. The van der Waals surface area contributed by atoms with E-state index in [1.165, 1.54) is 82.4 Å². The van der Waals surface area contributed by atoms with Crippen molar-refractivity contribution in [3.05, 3.63) is 0 Å². The van der Waals surface area contributed by atoms with Gasteiger partial charge in [-0.05, 0) is 45.4 Å². The number of thioether (sulfide) groups is 1. The molecule has 2 aliphatic heterocycles. The van der Waals surface area contributed by atoms with E-state index >= 15 is 0 Å². The van der Waals surface area contributed by atoms with E-state index in [1.54, 1.807) is 13.2 Å². The van der Waals surface area contributed by atoms with Gasteiger partial charge in [-0.25, -0.2) is 0 Å². The van der Waals surface area contributed by atoms with Gasteiger partial charge in [-0.3, -0.25) is 14.5 Å². The molecule has 2 heterocycles. The van der Waals surface area contributed by atoms with Crippen LogP contribution in [-0.4, -0.2) is 104 Å². The summed E-state index contributed by atoms with van der Waals surface area (Å²) in [4.78, 5) is 25.3. The van der Waals surface area contributed by atoms with Crippen LogP contribution in [0.2, 0.25) is 0 Å². The summed E-state index contributed by atoms with van der Waals surface area (Å²) in [6.45, 7) is 7.00. The molecular formula is C34H65ClN2O7S. The number of ether oxygens (including phenoxy) is 1. The fraction of sp³-hybridized carbons (Fsp3) is 0.941. The molecule has 266 valence electrons. The third kappa shape index (κ3) is 16.4. The van der Waals surface area contributed by atoms with Crippen LogP contribution in [0.1, 0.15) is 130 Å². The topological polar surface area (TPSA) is 140 Å². The fourth-order valence-electron chi connectivity index (χ4n) is 6.41. The van der Waals surface area contributed by atoms with Gasteiger partial charge >= 0.3 is 5.97 Å². The smallest absolute Gasteiger partial charge is 0.303 e. The highest BCUT2D eigenvalue weighted by molar-refractivity contribution is 7.99. The molecule has 0 bridgehead atoms. The number of carboxylic acid groups (broad SMARTS) is 1. The summed E-state index contributed by atoms with van der Waals surface area (Å²) in [5.41, 5.74) is -0.702. The number of aliphatic hydroxyl groups is 3. The number of hydrogen-bond acceptors (Lipinski definition) is 8. The minimum absolute atomic E-state index is 0.147. The first kappa shape index (κ1) is 42.4. The molecule has 1 amide bonds. The molecule has 2 unspecified atom stereocenters. The third-order valence-electron chi connectivity index (χ3n) is 9.13. The number of likely N-dealkylation sites (tertiary alicyclic amines) is 1. The molecule has 9 nitrogen and oxygen atoms in total. The van der Waals surface area contributed by atoms with Crippen molar-refractivity contribution in [3.8, 4) is 0 Å². The quantitative estimate of drug-likeness (QED) is 0.0736. The molecular weight excluding hydrogens is 616 g/mol. The molecule has 0 aromatic heterocycles. The van der Waals surface area contributed by atoms with Gasteiger partial charge in [-0.15, -0.1) is 23.4 Å². The van der Waals surface area contributed by atoms with Gasteiger partial charge in [0.25, 0.3) is 0 Å². The number of carboxylic acids is 1. The number of nitrogens with one attached hydrogen (secondary N) is 1. The Labute approximate surface area is 282 Å².